The quantitative estimate of drug-likeness (QED) is 0.531. The minimum absolute atomic E-state index is 0.0904. The van der Waals surface area contributed by atoms with E-state index in [1.54, 1.807) is 6.08 Å². The third-order valence-corrected chi connectivity index (χ3v) is 1.83. The molecule has 0 spiro atoms. The molecule has 0 bridgehead atoms. The minimum Gasteiger partial charge on any atom is -0.294 e. The molecular weight excluding hydrogens is 196 g/mol. The SMILES string of the molecule is C=CC(C)C(=O)c1ccccc1.CC.CC. The van der Waals surface area contributed by atoms with Crippen LogP contribution >= 0.6 is 0 Å². The van der Waals surface area contributed by atoms with E-state index in [9.17, 15) is 4.79 Å². The van der Waals surface area contributed by atoms with Crippen LogP contribution in [0.5, 0.6) is 0 Å². The zero-order chi connectivity index (χ0) is 13.0. The molecule has 1 aromatic carbocycles. The maximum atomic E-state index is 11.5. The average molecular weight is 220 g/mol. The number of hydrogen-bond donors (Lipinski definition) is 0. The number of carbonyl (C=O) groups excluding carboxylic acids is 1. The molecule has 90 valence electrons. The van der Waals surface area contributed by atoms with Gasteiger partial charge in [-0.05, 0) is 0 Å². The van der Waals surface area contributed by atoms with E-state index in [0.29, 0.717) is 0 Å². The molecule has 1 nitrogen and oxygen atoms in total. The van der Waals surface area contributed by atoms with Crippen LogP contribution in [0.25, 0.3) is 0 Å². The van der Waals surface area contributed by atoms with Crippen LogP contribution in [0.2, 0.25) is 0 Å². The van der Waals surface area contributed by atoms with Crippen molar-refractivity contribution in [2.45, 2.75) is 34.6 Å². The van der Waals surface area contributed by atoms with Crippen molar-refractivity contribution in [1.82, 2.24) is 0 Å². The summed E-state index contributed by atoms with van der Waals surface area (Å²) in [7, 11) is 0. The molecule has 0 aromatic heterocycles. The molecule has 0 aliphatic heterocycles. The number of carbonyl (C=O) groups is 1. The highest BCUT2D eigenvalue weighted by Crippen LogP contribution is 2.08. The smallest absolute Gasteiger partial charge is 0.169 e. The van der Waals surface area contributed by atoms with Crippen LogP contribution in [0.15, 0.2) is 43.0 Å². The van der Waals surface area contributed by atoms with Crippen LogP contribution in [-0.4, -0.2) is 5.78 Å². The van der Waals surface area contributed by atoms with Gasteiger partial charge in [0.2, 0.25) is 0 Å². The molecule has 0 heterocycles. The molecular formula is C15H24O. The van der Waals surface area contributed by atoms with Crippen LogP contribution in [0, 0.1) is 5.92 Å². The number of Topliss-reactive ketones (excluding diaryl/α,β-unsaturated/α-hetero) is 1. The zero-order valence-electron chi connectivity index (χ0n) is 11.2. The van der Waals surface area contributed by atoms with Crippen molar-refractivity contribution in [3.05, 3.63) is 48.6 Å². The first-order valence-electron chi connectivity index (χ1n) is 5.97. The van der Waals surface area contributed by atoms with Gasteiger partial charge in [-0.1, -0.05) is 71.0 Å². The summed E-state index contributed by atoms with van der Waals surface area (Å²) >= 11 is 0. The Hall–Kier alpha value is -1.37. The molecule has 0 fully saturated rings. The molecule has 1 heteroatoms. The monoisotopic (exact) mass is 220 g/mol. The Labute approximate surface area is 100 Å². The highest BCUT2D eigenvalue weighted by atomic mass is 16.1. The van der Waals surface area contributed by atoms with E-state index in [-0.39, 0.29) is 11.7 Å². The van der Waals surface area contributed by atoms with E-state index in [4.69, 9.17) is 0 Å². The second-order valence-corrected chi connectivity index (χ2v) is 2.75. The van der Waals surface area contributed by atoms with Gasteiger partial charge in [0.25, 0.3) is 0 Å². The lowest BCUT2D eigenvalue weighted by atomic mass is 10.00. The van der Waals surface area contributed by atoms with Crippen molar-refractivity contribution in [3.8, 4) is 0 Å². The number of allylic oxidation sites excluding steroid dienone is 1. The van der Waals surface area contributed by atoms with E-state index < -0.39 is 0 Å². The van der Waals surface area contributed by atoms with Crippen LogP contribution < -0.4 is 0 Å². The summed E-state index contributed by atoms with van der Waals surface area (Å²) in [6, 6.07) is 9.27. The van der Waals surface area contributed by atoms with E-state index in [1.807, 2.05) is 65.0 Å². The van der Waals surface area contributed by atoms with Gasteiger partial charge in [-0.25, -0.2) is 0 Å². The number of rotatable bonds is 3. The Balaban J connectivity index is 0. The first kappa shape index (κ1) is 17.0. The summed E-state index contributed by atoms with van der Waals surface area (Å²) in [4.78, 5) is 11.5. The van der Waals surface area contributed by atoms with Crippen molar-refractivity contribution in [1.29, 1.82) is 0 Å². The van der Waals surface area contributed by atoms with Gasteiger partial charge in [0, 0.05) is 11.5 Å². The van der Waals surface area contributed by atoms with Gasteiger partial charge in [-0.15, -0.1) is 6.58 Å². The molecule has 0 aliphatic carbocycles. The number of hydrogen-bond acceptors (Lipinski definition) is 1. The predicted molar refractivity (Wildman–Crippen MR) is 72.8 cm³/mol. The number of benzene rings is 1. The lowest BCUT2D eigenvalue weighted by molar-refractivity contribution is 0.0953. The summed E-state index contributed by atoms with van der Waals surface area (Å²) in [6.45, 7) is 13.4. The molecule has 0 amide bonds. The summed E-state index contributed by atoms with van der Waals surface area (Å²) in [5, 5.41) is 0. The fraction of sp³-hybridized carbons (Fsp3) is 0.400. The number of ketones is 1. The second kappa shape index (κ2) is 11.7. The fourth-order valence-corrected chi connectivity index (χ4v) is 0.972. The molecule has 0 saturated heterocycles. The topological polar surface area (TPSA) is 17.1 Å². The van der Waals surface area contributed by atoms with Crippen LogP contribution in [-0.2, 0) is 0 Å². The molecule has 1 unspecified atom stereocenters. The Morgan fingerprint density at radius 1 is 1.12 bits per heavy atom. The first-order chi connectivity index (χ1) is 7.75. The van der Waals surface area contributed by atoms with E-state index in [2.05, 4.69) is 6.58 Å². The van der Waals surface area contributed by atoms with Crippen molar-refractivity contribution in [3.63, 3.8) is 0 Å². The van der Waals surface area contributed by atoms with Gasteiger partial charge < -0.3 is 0 Å². The Morgan fingerprint density at radius 2 is 1.56 bits per heavy atom. The van der Waals surface area contributed by atoms with Crippen molar-refractivity contribution < 1.29 is 4.79 Å². The highest BCUT2D eigenvalue weighted by Gasteiger charge is 2.09. The molecule has 0 radical (unpaired) electrons. The Morgan fingerprint density at radius 3 is 1.94 bits per heavy atom. The van der Waals surface area contributed by atoms with Gasteiger partial charge >= 0.3 is 0 Å². The molecule has 0 aliphatic rings. The molecule has 1 atom stereocenters. The van der Waals surface area contributed by atoms with Gasteiger partial charge in [0.15, 0.2) is 5.78 Å². The average Bonchev–Trinajstić information content (AvgIpc) is 2.42. The molecule has 1 rings (SSSR count). The van der Waals surface area contributed by atoms with Crippen LogP contribution in [0.4, 0.5) is 0 Å². The Kier molecular flexibility index (Phi) is 12.5. The molecule has 0 N–H and O–H groups in total. The maximum Gasteiger partial charge on any atom is 0.169 e. The highest BCUT2D eigenvalue weighted by molar-refractivity contribution is 5.98. The maximum absolute atomic E-state index is 11.5. The second-order valence-electron chi connectivity index (χ2n) is 2.75. The van der Waals surface area contributed by atoms with Gasteiger partial charge in [-0.2, -0.15) is 0 Å². The minimum atomic E-state index is -0.0904. The molecule has 16 heavy (non-hydrogen) atoms. The van der Waals surface area contributed by atoms with E-state index >= 15 is 0 Å². The van der Waals surface area contributed by atoms with E-state index in [0.717, 1.165) is 5.56 Å². The van der Waals surface area contributed by atoms with Crippen molar-refractivity contribution in [2.75, 3.05) is 0 Å². The van der Waals surface area contributed by atoms with Crippen molar-refractivity contribution in [2.24, 2.45) is 5.92 Å². The van der Waals surface area contributed by atoms with Gasteiger partial charge in [0.1, 0.15) is 0 Å². The predicted octanol–water partition coefficient (Wildman–Crippen LogP) is 4.74. The summed E-state index contributed by atoms with van der Waals surface area (Å²) < 4.78 is 0. The Bertz CT molecular complexity index is 275. The largest absolute Gasteiger partial charge is 0.294 e. The summed E-state index contributed by atoms with van der Waals surface area (Å²) in [6.07, 6.45) is 1.66. The van der Waals surface area contributed by atoms with Crippen LogP contribution in [0.1, 0.15) is 45.0 Å². The third kappa shape index (κ3) is 6.18. The van der Waals surface area contributed by atoms with Crippen LogP contribution in [0.3, 0.4) is 0 Å². The van der Waals surface area contributed by atoms with Gasteiger partial charge in [0.05, 0.1) is 0 Å². The van der Waals surface area contributed by atoms with E-state index in [1.165, 1.54) is 0 Å². The first-order valence-corrected chi connectivity index (χ1v) is 5.97. The lowest BCUT2D eigenvalue weighted by Crippen LogP contribution is -2.07. The standard InChI is InChI=1S/C11H12O.2C2H6/c1-3-9(2)11(12)10-7-5-4-6-8-10;2*1-2/h3-9H,1H2,2H3;2*1-2H3. The summed E-state index contributed by atoms with van der Waals surface area (Å²) in [5.74, 6) is 0.0398. The van der Waals surface area contributed by atoms with Gasteiger partial charge in [-0.3, -0.25) is 4.79 Å². The zero-order valence-corrected chi connectivity index (χ0v) is 11.2. The molecule has 0 saturated carbocycles. The summed E-state index contributed by atoms with van der Waals surface area (Å²) in [5.41, 5.74) is 0.755. The fourth-order valence-electron chi connectivity index (χ4n) is 0.972. The molecule has 1 aromatic rings. The lowest BCUT2D eigenvalue weighted by Gasteiger charge is -2.03. The van der Waals surface area contributed by atoms with Crippen molar-refractivity contribution >= 4 is 5.78 Å². The normalized spacial score (nSPS) is 9.81. The third-order valence-electron chi connectivity index (χ3n) is 1.83.